The van der Waals surface area contributed by atoms with Gasteiger partial charge in [-0.15, -0.1) is 0 Å². The quantitative estimate of drug-likeness (QED) is 0.515. The molecule has 0 aromatic heterocycles. The highest BCUT2D eigenvalue weighted by atomic mass is 127. The van der Waals surface area contributed by atoms with Crippen LogP contribution in [0.1, 0.15) is 40.0 Å². The second kappa shape index (κ2) is 4.88. The van der Waals surface area contributed by atoms with Gasteiger partial charge in [0.25, 0.3) is 0 Å². The summed E-state index contributed by atoms with van der Waals surface area (Å²) in [4.78, 5) is 0. The molecule has 1 atom stereocenters. The smallest absolute Gasteiger partial charge is 0.192 e. The van der Waals surface area contributed by atoms with E-state index in [1.807, 2.05) is 0 Å². The molecule has 0 fully saturated rings. The molecule has 0 heterocycles. The SMILES string of the molecule is CC(C)(C)[Si](C)(C)OC1C=C(I)CCC1. The Labute approximate surface area is 109 Å². The van der Waals surface area contributed by atoms with Crippen LogP contribution in [0.5, 0.6) is 0 Å². The van der Waals surface area contributed by atoms with E-state index in [0.29, 0.717) is 11.1 Å². The molecule has 0 amide bonds. The van der Waals surface area contributed by atoms with Crippen molar-refractivity contribution < 1.29 is 4.43 Å². The van der Waals surface area contributed by atoms with Crippen LogP contribution in [0.2, 0.25) is 18.1 Å². The zero-order chi connectivity index (χ0) is 11.7. The molecule has 0 saturated heterocycles. The first-order valence-corrected chi connectivity index (χ1v) is 9.75. The van der Waals surface area contributed by atoms with E-state index in [4.69, 9.17) is 4.43 Å². The fourth-order valence-electron chi connectivity index (χ4n) is 1.49. The van der Waals surface area contributed by atoms with Gasteiger partial charge in [0.15, 0.2) is 8.32 Å². The Bertz CT molecular complexity index is 253. The van der Waals surface area contributed by atoms with E-state index in [2.05, 4.69) is 62.5 Å². The van der Waals surface area contributed by atoms with E-state index in [9.17, 15) is 0 Å². The van der Waals surface area contributed by atoms with Crippen LogP contribution >= 0.6 is 22.6 Å². The predicted molar refractivity (Wildman–Crippen MR) is 78.0 cm³/mol. The first-order chi connectivity index (χ1) is 6.72. The lowest BCUT2D eigenvalue weighted by molar-refractivity contribution is 0.207. The molecule has 1 rings (SSSR count). The normalized spacial score (nSPS) is 23.9. The van der Waals surface area contributed by atoms with Crippen molar-refractivity contribution in [3.05, 3.63) is 9.66 Å². The van der Waals surface area contributed by atoms with Crippen LogP contribution in [-0.2, 0) is 4.43 Å². The summed E-state index contributed by atoms with van der Waals surface area (Å²) in [5, 5.41) is 0.323. The molecule has 0 radical (unpaired) electrons. The van der Waals surface area contributed by atoms with Crippen molar-refractivity contribution in [2.75, 3.05) is 0 Å². The number of hydrogen-bond acceptors (Lipinski definition) is 1. The van der Waals surface area contributed by atoms with Gasteiger partial charge in [-0.25, -0.2) is 0 Å². The van der Waals surface area contributed by atoms with Crippen LogP contribution in [0.4, 0.5) is 0 Å². The third kappa shape index (κ3) is 3.86. The highest BCUT2D eigenvalue weighted by Crippen LogP contribution is 2.39. The Morgan fingerprint density at radius 1 is 1.40 bits per heavy atom. The van der Waals surface area contributed by atoms with Gasteiger partial charge >= 0.3 is 0 Å². The van der Waals surface area contributed by atoms with Crippen LogP contribution in [0.3, 0.4) is 0 Å². The van der Waals surface area contributed by atoms with Crippen LogP contribution in [-0.4, -0.2) is 14.4 Å². The van der Waals surface area contributed by atoms with Crippen LogP contribution in [0.25, 0.3) is 0 Å². The molecule has 0 bridgehead atoms. The van der Waals surface area contributed by atoms with Gasteiger partial charge in [0.2, 0.25) is 0 Å². The molecule has 0 aromatic carbocycles. The van der Waals surface area contributed by atoms with Gasteiger partial charge in [-0.05, 0) is 69.6 Å². The van der Waals surface area contributed by atoms with Crippen LogP contribution < -0.4 is 0 Å². The average molecular weight is 338 g/mol. The average Bonchev–Trinajstić information content (AvgIpc) is 2.00. The highest BCUT2D eigenvalue weighted by Gasteiger charge is 2.38. The summed E-state index contributed by atoms with van der Waals surface area (Å²) in [5.41, 5.74) is 0. The summed E-state index contributed by atoms with van der Waals surface area (Å²) in [6, 6.07) is 0. The summed E-state index contributed by atoms with van der Waals surface area (Å²) < 4.78 is 7.85. The molecule has 1 aliphatic carbocycles. The maximum atomic E-state index is 6.37. The van der Waals surface area contributed by atoms with Crippen molar-refractivity contribution in [3.8, 4) is 0 Å². The standard InChI is InChI=1S/C12H23IOSi/c1-12(2,3)15(4,5)14-11-8-6-7-10(13)9-11/h9,11H,6-8H2,1-5H3. The molecule has 1 aliphatic rings. The van der Waals surface area contributed by atoms with Gasteiger partial charge in [-0.1, -0.05) is 20.8 Å². The zero-order valence-corrected chi connectivity index (χ0v) is 13.7. The lowest BCUT2D eigenvalue weighted by atomic mass is 10.1. The van der Waals surface area contributed by atoms with Gasteiger partial charge < -0.3 is 4.43 Å². The maximum absolute atomic E-state index is 6.37. The number of halogens is 1. The number of rotatable bonds is 2. The number of hydrogen-bond donors (Lipinski definition) is 0. The lowest BCUT2D eigenvalue weighted by Crippen LogP contribution is -2.43. The fraction of sp³-hybridized carbons (Fsp3) is 0.833. The highest BCUT2D eigenvalue weighted by molar-refractivity contribution is 14.1. The minimum Gasteiger partial charge on any atom is -0.411 e. The second-order valence-electron chi connectivity index (χ2n) is 5.92. The molecule has 0 spiro atoms. The van der Waals surface area contributed by atoms with Crippen molar-refractivity contribution in [2.24, 2.45) is 0 Å². The third-order valence-electron chi connectivity index (χ3n) is 3.52. The van der Waals surface area contributed by atoms with Crippen molar-refractivity contribution in [3.63, 3.8) is 0 Å². The fourth-order valence-corrected chi connectivity index (χ4v) is 3.57. The minimum absolute atomic E-state index is 0.323. The largest absolute Gasteiger partial charge is 0.411 e. The van der Waals surface area contributed by atoms with E-state index < -0.39 is 8.32 Å². The van der Waals surface area contributed by atoms with Gasteiger partial charge in [0, 0.05) is 0 Å². The monoisotopic (exact) mass is 338 g/mol. The van der Waals surface area contributed by atoms with Crippen molar-refractivity contribution in [1.82, 2.24) is 0 Å². The molecule has 1 unspecified atom stereocenters. The van der Waals surface area contributed by atoms with E-state index in [1.165, 1.54) is 22.8 Å². The van der Waals surface area contributed by atoms with E-state index in [0.717, 1.165) is 0 Å². The van der Waals surface area contributed by atoms with Crippen molar-refractivity contribution in [2.45, 2.75) is 64.3 Å². The molecule has 0 aliphatic heterocycles. The van der Waals surface area contributed by atoms with Gasteiger partial charge in [-0.2, -0.15) is 0 Å². The Morgan fingerprint density at radius 3 is 2.47 bits per heavy atom. The zero-order valence-electron chi connectivity index (χ0n) is 10.6. The number of allylic oxidation sites excluding steroid dienone is 1. The van der Waals surface area contributed by atoms with Gasteiger partial charge in [0.05, 0.1) is 6.10 Å². The maximum Gasteiger partial charge on any atom is 0.192 e. The Kier molecular flexibility index (Phi) is 4.46. The molecule has 0 saturated carbocycles. The van der Waals surface area contributed by atoms with Crippen molar-refractivity contribution in [1.29, 1.82) is 0 Å². The van der Waals surface area contributed by atoms with E-state index >= 15 is 0 Å². The molecule has 3 heteroatoms. The Morgan fingerprint density at radius 2 is 2.00 bits per heavy atom. The Hall–Kier alpha value is 0.647. The first-order valence-electron chi connectivity index (χ1n) is 5.76. The summed E-state index contributed by atoms with van der Waals surface area (Å²) in [7, 11) is -1.57. The van der Waals surface area contributed by atoms with Crippen LogP contribution in [0, 0.1) is 0 Å². The molecule has 88 valence electrons. The third-order valence-corrected chi connectivity index (χ3v) is 8.93. The van der Waals surface area contributed by atoms with Crippen LogP contribution in [0.15, 0.2) is 9.66 Å². The molecule has 0 aromatic rings. The van der Waals surface area contributed by atoms with E-state index in [1.54, 1.807) is 0 Å². The molecule has 0 N–H and O–H groups in total. The second-order valence-corrected chi connectivity index (χ2v) is 12.1. The summed E-state index contributed by atoms with van der Waals surface area (Å²) in [6.45, 7) is 11.6. The Balaban J connectivity index is 2.65. The predicted octanol–water partition coefficient (Wildman–Crippen LogP) is 4.88. The lowest BCUT2D eigenvalue weighted by Gasteiger charge is -2.39. The molecule has 1 nitrogen and oxygen atoms in total. The minimum atomic E-state index is -1.57. The van der Waals surface area contributed by atoms with Gasteiger partial charge in [0.1, 0.15) is 0 Å². The topological polar surface area (TPSA) is 9.23 Å². The van der Waals surface area contributed by atoms with Gasteiger partial charge in [-0.3, -0.25) is 0 Å². The summed E-state index contributed by atoms with van der Waals surface area (Å²) in [5.74, 6) is 0. The summed E-state index contributed by atoms with van der Waals surface area (Å²) in [6.07, 6.45) is 6.45. The molecule has 15 heavy (non-hydrogen) atoms. The van der Waals surface area contributed by atoms with Crippen molar-refractivity contribution >= 4 is 30.9 Å². The summed E-state index contributed by atoms with van der Waals surface area (Å²) >= 11 is 2.44. The molecular formula is C12H23IOSi. The van der Waals surface area contributed by atoms with E-state index in [-0.39, 0.29) is 0 Å². The first kappa shape index (κ1) is 13.7. The molecular weight excluding hydrogens is 315 g/mol.